The van der Waals surface area contributed by atoms with Crippen molar-refractivity contribution in [1.82, 2.24) is 20.3 Å². The number of nitrogens with one attached hydrogen (secondary N) is 1. The Balaban J connectivity index is 1.67. The first-order chi connectivity index (χ1) is 14.9. The molecule has 1 aromatic rings. The van der Waals surface area contributed by atoms with Crippen molar-refractivity contribution in [2.75, 3.05) is 31.6 Å². The predicted octanol–water partition coefficient (Wildman–Crippen LogP) is 1.81. The van der Waals surface area contributed by atoms with E-state index in [9.17, 15) is 14.8 Å². The van der Waals surface area contributed by atoms with Crippen LogP contribution in [0.3, 0.4) is 0 Å². The van der Waals surface area contributed by atoms with Crippen molar-refractivity contribution in [2.45, 2.75) is 58.1 Å². The molecule has 2 amide bonds. The van der Waals surface area contributed by atoms with Gasteiger partial charge in [0, 0.05) is 20.2 Å². The minimum absolute atomic E-state index is 0.0356. The van der Waals surface area contributed by atoms with Crippen LogP contribution in [0.15, 0.2) is 0 Å². The molecule has 0 unspecified atom stereocenters. The van der Waals surface area contributed by atoms with Gasteiger partial charge in [-0.1, -0.05) is 25.7 Å². The Labute approximate surface area is 181 Å². The Morgan fingerprint density at radius 3 is 2.77 bits per heavy atom. The van der Waals surface area contributed by atoms with E-state index in [4.69, 9.17) is 4.74 Å². The standard InChI is InChI=1S/C21H32FN5O4/c1-14-24-18(19(22)20(25-14)26-8-7-17(12-26)31-2)10-23-21(29)16(11-27(30)13-28)9-15-5-3-4-6-15/h13,15-17,30H,3-12H2,1-2H3,(H,23,29)/t16-,17+/m1/s1. The molecular formula is C21H32FN5O4. The predicted molar refractivity (Wildman–Crippen MR) is 111 cm³/mol. The van der Waals surface area contributed by atoms with Gasteiger partial charge in [-0.25, -0.2) is 19.4 Å². The van der Waals surface area contributed by atoms with Crippen LogP contribution in [0.4, 0.5) is 10.2 Å². The van der Waals surface area contributed by atoms with Crippen LogP contribution in [0.2, 0.25) is 0 Å². The Morgan fingerprint density at radius 1 is 1.39 bits per heavy atom. The Morgan fingerprint density at radius 2 is 2.13 bits per heavy atom. The SMILES string of the molecule is CO[C@H]1CCN(c2nc(C)nc(CNC(=O)[C@H](CC3CCCC3)CN(O)C=O)c2F)C1. The summed E-state index contributed by atoms with van der Waals surface area (Å²) in [6.45, 7) is 2.70. The van der Waals surface area contributed by atoms with E-state index in [0.717, 1.165) is 32.1 Å². The number of hydroxylamine groups is 2. The van der Waals surface area contributed by atoms with Crippen LogP contribution in [0.25, 0.3) is 0 Å². The van der Waals surface area contributed by atoms with Crippen LogP contribution in [-0.4, -0.2) is 65.4 Å². The van der Waals surface area contributed by atoms with Gasteiger partial charge in [0.05, 0.1) is 25.1 Å². The maximum atomic E-state index is 15.1. The van der Waals surface area contributed by atoms with E-state index in [1.165, 1.54) is 0 Å². The number of ether oxygens (including phenoxy) is 1. The maximum Gasteiger partial charge on any atom is 0.233 e. The van der Waals surface area contributed by atoms with E-state index in [1.54, 1.807) is 14.0 Å². The van der Waals surface area contributed by atoms with Crippen molar-refractivity contribution >= 4 is 18.1 Å². The van der Waals surface area contributed by atoms with Crippen LogP contribution in [0.5, 0.6) is 0 Å². The zero-order valence-corrected chi connectivity index (χ0v) is 18.2. The molecule has 2 aliphatic rings. The van der Waals surface area contributed by atoms with E-state index in [-0.39, 0.29) is 43.0 Å². The molecule has 0 radical (unpaired) electrons. The molecular weight excluding hydrogens is 405 g/mol. The highest BCUT2D eigenvalue weighted by molar-refractivity contribution is 5.79. The van der Waals surface area contributed by atoms with Gasteiger partial charge >= 0.3 is 0 Å². The molecule has 1 aliphatic heterocycles. The number of hydrogen-bond donors (Lipinski definition) is 2. The largest absolute Gasteiger partial charge is 0.380 e. The molecule has 2 atom stereocenters. The third kappa shape index (κ3) is 6.10. The summed E-state index contributed by atoms with van der Waals surface area (Å²) in [6.07, 6.45) is 6.04. The van der Waals surface area contributed by atoms with Gasteiger partial charge in [0.2, 0.25) is 12.3 Å². The fraction of sp³-hybridized carbons (Fsp3) is 0.714. The van der Waals surface area contributed by atoms with Crippen molar-refractivity contribution in [2.24, 2.45) is 11.8 Å². The fourth-order valence-corrected chi connectivity index (χ4v) is 4.54. The lowest BCUT2D eigenvalue weighted by Gasteiger charge is -2.23. The third-order valence-corrected chi connectivity index (χ3v) is 6.21. The highest BCUT2D eigenvalue weighted by atomic mass is 19.1. The monoisotopic (exact) mass is 437 g/mol. The van der Waals surface area contributed by atoms with Crippen molar-refractivity contribution < 1.29 is 23.9 Å². The average Bonchev–Trinajstić information content (AvgIpc) is 3.45. The molecule has 1 aliphatic carbocycles. The first-order valence-corrected chi connectivity index (χ1v) is 10.9. The highest BCUT2D eigenvalue weighted by Gasteiger charge is 2.29. The quantitative estimate of drug-likeness (QED) is 0.326. The summed E-state index contributed by atoms with van der Waals surface area (Å²) in [5.41, 5.74) is 0.118. The fourth-order valence-electron chi connectivity index (χ4n) is 4.54. The van der Waals surface area contributed by atoms with E-state index >= 15 is 4.39 Å². The van der Waals surface area contributed by atoms with Gasteiger partial charge in [-0.3, -0.25) is 14.8 Å². The molecule has 0 aromatic carbocycles. The molecule has 2 N–H and O–H groups in total. The van der Waals surface area contributed by atoms with Crippen molar-refractivity contribution in [1.29, 1.82) is 0 Å². The molecule has 0 spiro atoms. The summed E-state index contributed by atoms with van der Waals surface area (Å²) in [5, 5.41) is 12.8. The number of nitrogens with zero attached hydrogens (tertiary/aromatic N) is 4. The summed E-state index contributed by atoms with van der Waals surface area (Å²) in [4.78, 5) is 33.9. The lowest BCUT2D eigenvalue weighted by atomic mass is 9.92. The van der Waals surface area contributed by atoms with Gasteiger partial charge in [0.15, 0.2) is 11.6 Å². The number of halogens is 1. The van der Waals surface area contributed by atoms with E-state index < -0.39 is 11.7 Å². The number of carbonyl (C=O) groups excluding carboxylic acids is 2. The van der Waals surface area contributed by atoms with Gasteiger partial charge in [0.25, 0.3) is 0 Å². The zero-order chi connectivity index (χ0) is 22.4. The Kier molecular flexibility index (Phi) is 8.14. The van der Waals surface area contributed by atoms with Gasteiger partial charge < -0.3 is 15.0 Å². The lowest BCUT2D eigenvalue weighted by molar-refractivity contribution is -0.155. The zero-order valence-electron chi connectivity index (χ0n) is 18.2. The molecule has 3 rings (SSSR count). The molecule has 0 bridgehead atoms. The van der Waals surface area contributed by atoms with E-state index in [1.807, 2.05) is 4.90 Å². The second-order valence-corrected chi connectivity index (χ2v) is 8.48. The molecule has 31 heavy (non-hydrogen) atoms. The molecule has 1 saturated carbocycles. The van der Waals surface area contributed by atoms with Gasteiger partial charge in [-0.15, -0.1) is 0 Å². The molecule has 172 valence electrons. The second-order valence-electron chi connectivity index (χ2n) is 8.48. The maximum absolute atomic E-state index is 15.1. The second kappa shape index (κ2) is 10.8. The molecule has 2 fully saturated rings. The Hall–Kier alpha value is -2.33. The third-order valence-electron chi connectivity index (χ3n) is 6.21. The minimum Gasteiger partial charge on any atom is -0.380 e. The summed E-state index contributed by atoms with van der Waals surface area (Å²) in [6, 6.07) is 0. The molecule has 9 nitrogen and oxygen atoms in total. The van der Waals surface area contributed by atoms with Crippen LogP contribution >= 0.6 is 0 Å². The number of rotatable bonds is 10. The normalized spacial score (nSPS) is 20.1. The molecule has 1 aromatic heterocycles. The van der Waals surface area contributed by atoms with Crippen LogP contribution in [0.1, 0.15) is 50.0 Å². The summed E-state index contributed by atoms with van der Waals surface area (Å²) >= 11 is 0. The smallest absolute Gasteiger partial charge is 0.233 e. The summed E-state index contributed by atoms with van der Waals surface area (Å²) < 4.78 is 20.5. The minimum atomic E-state index is -0.565. The highest BCUT2D eigenvalue weighted by Crippen LogP contribution is 2.31. The molecule has 2 heterocycles. The first-order valence-electron chi connectivity index (χ1n) is 10.9. The number of aryl methyl sites for hydroxylation is 1. The van der Waals surface area contributed by atoms with E-state index in [2.05, 4.69) is 15.3 Å². The van der Waals surface area contributed by atoms with Gasteiger partial charge in [-0.2, -0.15) is 0 Å². The van der Waals surface area contributed by atoms with E-state index in [0.29, 0.717) is 36.3 Å². The van der Waals surface area contributed by atoms with Crippen molar-refractivity contribution in [3.05, 3.63) is 17.3 Å². The van der Waals surface area contributed by atoms with Crippen LogP contribution in [0, 0.1) is 24.6 Å². The lowest BCUT2D eigenvalue weighted by Crippen LogP contribution is -2.38. The van der Waals surface area contributed by atoms with Crippen LogP contribution in [-0.2, 0) is 20.9 Å². The van der Waals surface area contributed by atoms with Gasteiger partial charge in [0.1, 0.15) is 11.5 Å². The number of amides is 2. The van der Waals surface area contributed by atoms with Crippen molar-refractivity contribution in [3.8, 4) is 0 Å². The Bertz CT molecular complexity index is 774. The van der Waals surface area contributed by atoms with Crippen molar-refractivity contribution in [3.63, 3.8) is 0 Å². The van der Waals surface area contributed by atoms with Crippen LogP contribution < -0.4 is 10.2 Å². The average molecular weight is 438 g/mol. The summed E-state index contributed by atoms with van der Waals surface area (Å²) in [7, 11) is 1.64. The molecule has 1 saturated heterocycles. The number of carbonyl (C=O) groups is 2. The molecule has 10 heteroatoms. The number of methoxy groups -OCH3 is 1. The number of anilines is 1. The number of aromatic nitrogens is 2. The topological polar surface area (TPSA) is 108 Å². The summed E-state index contributed by atoms with van der Waals surface area (Å²) in [5.74, 6) is -0.403. The first kappa shape index (κ1) is 23.3. The van der Waals surface area contributed by atoms with Gasteiger partial charge in [-0.05, 0) is 25.7 Å². The number of hydrogen-bond acceptors (Lipinski definition) is 7.